The third kappa shape index (κ3) is 15.1. The minimum Gasteiger partial charge on any atom is -0.310 e. The molecule has 0 aliphatic rings. The van der Waals surface area contributed by atoms with Crippen molar-refractivity contribution in [1.29, 1.82) is 0 Å². The van der Waals surface area contributed by atoms with Gasteiger partial charge in [-0.1, -0.05) is 51.1 Å². The van der Waals surface area contributed by atoms with Crippen LogP contribution < -0.4 is 0 Å². The molecule has 1 aromatic rings. The monoisotopic (exact) mass is 238 g/mol. The average Bonchev–Trinajstić information content (AvgIpc) is 2.33. The maximum atomic E-state index is 2.16. The summed E-state index contributed by atoms with van der Waals surface area (Å²) >= 11 is 0. The first-order chi connectivity index (χ1) is 8.06. The lowest BCUT2D eigenvalue weighted by atomic mass is 10.2. The molecule has 1 rings (SSSR count). The molecule has 0 aromatic heterocycles. The van der Waals surface area contributed by atoms with Gasteiger partial charge in [0.1, 0.15) is 0 Å². The molecule has 0 spiro atoms. The van der Waals surface area contributed by atoms with Gasteiger partial charge in [0.05, 0.1) is 0 Å². The zero-order valence-electron chi connectivity index (χ0n) is 12.7. The van der Waals surface area contributed by atoms with E-state index < -0.39 is 0 Å². The summed E-state index contributed by atoms with van der Waals surface area (Å²) in [6.45, 7) is 8.29. The van der Waals surface area contributed by atoms with Gasteiger partial charge in [0.2, 0.25) is 0 Å². The molecule has 0 saturated carbocycles. The second-order valence-electron chi connectivity index (χ2n) is 4.12. The van der Waals surface area contributed by atoms with Crippen molar-refractivity contribution in [3.63, 3.8) is 0 Å². The van der Waals surface area contributed by atoms with Crippen LogP contribution in [-0.4, -0.2) is 44.5 Å². The van der Waals surface area contributed by atoms with Crippen molar-refractivity contribution in [3.05, 3.63) is 35.9 Å². The number of hydrogen-bond donors (Lipinski definition) is 0. The summed E-state index contributed by atoms with van der Waals surface area (Å²) < 4.78 is 0. The molecule has 17 heavy (non-hydrogen) atoms. The van der Waals surface area contributed by atoms with Crippen LogP contribution in [0.1, 0.15) is 26.3 Å². The Morgan fingerprint density at radius 1 is 0.824 bits per heavy atom. The van der Waals surface area contributed by atoms with Gasteiger partial charge in [-0.2, -0.15) is 0 Å². The molecular formula is C15H30N2. The summed E-state index contributed by atoms with van der Waals surface area (Å²) in [6.07, 6.45) is 0. The van der Waals surface area contributed by atoms with Crippen LogP contribution >= 0.6 is 0 Å². The predicted octanol–water partition coefficient (Wildman–Crippen LogP) is 3.34. The zero-order chi connectivity index (χ0) is 13.7. The Bertz CT molecular complexity index is 230. The van der Waals surface area contributed by atoms with Gasteiger partial charge in [0.25, 0.3) is 0 Å². The third-order valence-electron chi connectivity index (χ3n) is 1.97. The van der Waals surface area contributed by atoms with E-state index in [1.807, 2.05) is 19.9 Å². The van der Waals surface area contributed by atoms with Crippen LogP contribution in [0.25, 0.3) is 0 Å². The minimum absolute atomic E-state index is 1.03. The highest BCUT2D eigenvalue weighted by atomic mass is 15.0. The first kappa shape index (κ1) is 18.5. The molecule has 0 atom stereocenters. The van der Waals surface area contributed by atoms with Crippen LogP contribution in [0.15, 0.2) is 30.3 Å². The largest absolute Gasteiger partial charge is 0.310 e. The Labute approximate surface area is 108 Å². The van der Waals surface area contributed by atoms with E-state index in [4.69, 9.17) is 0 Å². The molecule has 0 fully saturated rings. The quantitative estimate of drug-likeness (QED) is 0.797. The summed E-state index contributed by atoms with van der Waals surface area (Å²) in [5.74, 6) is 0. The molecule has 0 unspecified atom stereocenters. The second kappa shape index (κ2) is 13.2. The van der Waals surface area contributed by atoms with Crippen LogP contribution in [0.4, 0.5) is 0 Å². The van der Waals surface area contributed by atoms with E-state index in [2.05, 4.69) is 69.2 Å². The Morgan fingerprint density at radius 3 is 1.53 bits per heavy atom. The summed E-state index contributed by atoms with van der Waals surface area (Å²) in [5, 5.41) is 0. The molecule has 0 bridgehead atoms. The minimum atomic E-state index is 1.03. The Hall–Kier alpha value is -0.860. The Kier molecular flexibility index (Phi) is 14.4. The molecule has 0 aliphatic heterocycles. The highest BCUT2D eigenvalue weighted by Gasteiger charge is 1.90. The molecule has 0 heterocycles. The smallest absolute Gasteiger partial charge is 0.0227 e. The fourth-order valence-corrected chi connectivity index (χ4v) is 0.949. The lowest BCUT2D eigenvalue weighted by Gasteiger charge is -2.08. The maximum Gasteiger partial charge on any atom is 0.0227 e. The Balaban J connectivity index is 0. The topological polar surface area (TPSA) is 6.48 Å². The fraction of sp³-hybridized carbons (Fsp3) is 0.600. The van der Waals surface area contributed by atoms with Gasteiger partial charge in [-0.25, -0.2) is 0 Å². The van der Waals surface area contributed by atoms with Crippen LogP contribution in [0, 0.1) is 0 Å². The molecule has 0 amide bonds. The molecule has 2 nitrogen and oxygen atoms in total. The van der Waals surface area contributed by atoms with Crippen molar-refractivity contribution >= 4 is 0 Å². The van der Waals surface area contributed by atoms with E-state index >= 15 is 0 Å². The number of rotatable bonds is 3. The predicted molar refractivity (Wildman–Crippen MR) is 79.4 cm³/mol. The standard InChI is InChI=1S/C9H13N.C4H11N.C2H6/c1-10(2)8-9-6-4-3-5-7-9;1-4-5(2)3;1-2/h3-7H,8H2,1-2H3;4H2,1-3H3;1-2H3. The third-order valence-corrected chi connectivity index (χ3v) is 1.97. The zero-order valence-corrected chi connectivity index (χ0v) is 12.7. The summed E-state index contributed by atoms with van der Waals surface area (Å²) in [6, 6.07) is 10.5. The number of nitrogens with zero attached hydrogens (tertiary/aromatic N) is 2. The van der Waals surface area contributed by atoms with E-state index in [-0.39, 0.29) is 0 Å². The lowest BCUT2D eigenvalue weighted by molar-refractivity contribution is 0.402. The van der Waals surface area contributed by atoms with Gasteiger partial charge >= 0.3 is 0 Å². The number of benzene rings is 1. The van der Waals surface area contributed by atoms with Gasteiger partial charge in [-0.3, -0.25) is 0 Å². The van der Waals surface area contributed by atoms with E-state index in [9.17, 15) is 0 Å². The van der Waals surface area contributed by atoms with E-state index in [1.54, 1.807) is 0 Å². The van der Waals surface area contributed by atoms with Gasteiger partial charge in [-0.15, -0.1) is 0 Å². The molecule has 0 N–H and O–H groups in total. The normalized spacial score (nSPS) is 9.24. The van der Waals surface area contributed by atoms with Gasteiger partial charge in [-0.05, 0) is 40.3 Å². The lowest BCUT2D eigenvalue weighted by Crippen LogP contribution is -2.10. The highest BCUT2D eigenvalue weighted by molar-refractivity contribution is 5.14. The van der Waals surface area contributed by atoms with Crippen molar-refractivity contribution in [2.45, 2.75) is 27.3 Å². The highest BCUT2D eigenvalue weighted by Crippen LogP contribution is 1.99. The van der Waals surface area contributed by atoms with Crippen LogP contribution in [-0.2, 0) is 6.54 Å². The van der Waals surface area contributed by atoms with Crippen molar-refractivity contribution in [3.8, 4) is 0 Å². The van der Waals surface area contributed by atoms with Crippen LogP contribution in [0.2, 0.25) is 0 Å². The molecular weight excluding hydrogens is 208 g/mol. The first-order valence-electron chi connectivity index (χ1n) is 6.39. The molecule has 1 aromatic carbocycles. The van der Waals surface area contributed by atoms with Crippen molar-refractivity contribution in [2.24, 2.45) is 0 Å². The second-order valence-corrected chi connectivity index (χ2v) is 4.12. The van der Waals surface area contributed by atoms with Gasteiger partial charge in [0.15, 0.2) is 0 Å². The van der Waals surface area contributed by atoms with E-state index in [0.717, 1.165) is 13.1 Å². The van der Waals surface area contributed by atoms with E-state index in [1.165, 1.54) is 5.56 Å². The van der Waals surface area contributed by atoms with Gasteiger partial charge < -0.3 is 9.80 Å². The van der Waals surface area contributed by atoms with Crippen molar-refractivity contribution in [2.75, 3.05) is 34.7 Å². The Morgan fingerprint density at radius 2 is 1.24 bits per heavy atom. The van der Waals surface area contributed by atoms with E-state index in [0.29, 0.717) is 0 Å². The summed E-state index contributed by atoms with van der Waals surface area (Å²) in [7, 11) is 8.26. The summed E-state index contributed by atoms with van der Waals surface area (Å²) in [5.41, 5.74) is 1.37. The molecule has 2 heteroatoms. The SMILES string of the molecule is CC.CCN(C)C.CN(C)Cc1ccccc1. The number of hydrogen-bond acceptors (Lipinski definition) is 2. The van der Waals surface area contributed by atoms with Crippen LogP contribution in [0.5, 0.6) is 0 Å². The average molecular weight is 238 g/mol. The molecule has 0 saturated heterocycles. The van der Waals surface area contributed by atoms with Gasteiger partial charge in [0, 0.05) is 6.54 Å². The molecule has 0 aliphatic carbocycles. The summed E-state index contributed by atoms with van der Waals surface area (Å²) in [4.78, 5) is 4.29. The molecule has 0 radical (unpaired) electrons. The first-order valence-corrected chi connectivity index (χ1v) is 6.39. The fourth-order valence-electron chi connectivity index (χ4n) is 0.949. The van der Waals surface area contributed by atoms with Crippen molar-refractivity contribution in [1.82, 2.24) is 9.80 Å². The molecule has 100 valence electrons. The van der Waals surface area contributed by atoms with Crippen LogP contribution in [0.3, 0.4) is 0 Å². The van der Waals surface area contributed by atoms with Crippen molar-refractivity contribution < 1.29 is 0 Å². The maximum absolute atomic E-state index is 2.16.